The van der Waals surface area contributed by atoms with Crippen LogP contribution in [0.5, 0.6) is 0 Å². The van der Waals surface area contributed by atoms with Crippen molar-refractivity contribution in [2.45, 2.75) is 44.6 Å². The van der Waals surface area contributed by atoms with E-state index in [1.165, 1.54) is 19.3 Å². The molecule has 1 unspecified atom stereocenters. The summed E-state index contributed by atoms with van der Waals surface area (Å²) in [5.74, 6) is 0.0310. The number of halogens is 3. The smallest absolute Gasteiger partial charge is 0.270 e. The Morgan fingerprint density at radius 2 is 1.50 bits per heavy atom. The molecule has 158 valence electrons. The maximum atomic E-state index is 13.3. The Labute approximate surface area is 192 Å². The molecule has 2 aliphatic rings. The number of rotatable bonds is 3. The molecule has 0 aliphatic carbocycles. The molecule has 0 saturated carbocycles. The van der Waals surface area contributed by atoms with Gasteiger partial charge < -0.3 is 4.90 Å². The molecule has 0 radical (unpaired) electrons. The molecule has 4 nitrogen and oxygen atoms in total. The molecule has 4 rings (SSSR count). The summed E-state index contributed by atoms with van der Waals surface area (Å²) < 4.78 is 0. The highest BCUT2D eigenvalue weighted by Gasteiger charge is 2.35. The average molecular weight is 465 g/mol. The van der Waals surface area contributed by atoms with Crippen LogP contribution in [0.2, 0.25) is 15.1 Å². The lowest BCUT2D eigenvalue weighted by Crippen LogP contribution is -2.38. The summed E-state index contributed by atoms with van der Waals surface area (Å²) in [6.45, 7) is 1.59. The van der Waals surface area contributed by atoms with Gasteiger partial charge in [0.15, 0.2) is 0 Å². The first-order chi connectivity index (χ1) is 14.5. The van der Waals surface area contributed by atoms with Crippen molar-refractivity contribution in [1.82, 2.24) is 4.90 Å². The molecule has 1 amide bonds. The number of hydrazone groups is 1. The number of carbonyl (C=O) groups excluding carboxylic acids is 1. The highest BCUT2D eigenvalue weighted by Crippen LogP contribution is 2.40. The van der Waals surface area contributed by atoms with Crippen molar-refractivity contribution in [3.63, 3.8) is 0 Å². The van der Waals surface area contributed by atoms with E-state index in [1.807, 2.05) is 40.2 Å². The van der Waals surface area contributed by atoms with Gasteiger partial charge in [0.05, 0.1) is 16.8 Å². The van der Waals surface area contributed by atoms with Gasteiger partial charge in [-0.3, -0.25) is 9.80 Å². The molecule has 1 saturated heterocycles. The first-order valence-electron chi connectivity index (χ1n) is 10.4. The van der Waals surface area contributed by atoms with E-state index in [9.17, 15) is 4.79 Å². The summed E-state index contributed by atoms with van der Waals surface area (Å²) in [7, 11) is 0. The van der Waals surface area contributed by atoms with Crippen molar-refractivity contribution in [1.29, 1.82) is 0 Å². The molecule has 2 aromatic carbocycles. The third-order valence-electron chi connectivity index (χ3n) is 5.71. The third-order valence-corrected chi connectivity index (χ3v) is 6.50. The fraction of sp³-hybridized carbons (Fsp3) is 0.391. The monoisotopic (exact) mass is 463 g/mol. The van der Waals surface area contributed by atoms with Crippen molar-refractivity contribution in [3.8, 4) is 0 Å². The van der Waals surface area contributed by atoms with Gasteiger partial charge in [-0.15, -0.1) is 0 Å². The van der Waals surface area contributed by atoms with Crippen molar-refractivity contribution in [2.75, 3.05) is 18.1 Å². The molecule has 2 aromatic rings. The fourth-order valence-electron chi connectivity index (χ4n) is 4.11. The van der Waals surface area contributed by atoms with E-state index in [1.54, 1.807) is 12.1 Å². The van der Waals surface area contributed by atoms with Gasteiger partial charge in [-0.25, -0.2) is 0 Å². The molecular weight excluding hydrogens is 441 g/mol. The van der Waals surface area contributed by atoms with Gasteiger partial charge >= 0.3 is 0 Å². The largest absolute Gasteiger partial charge is 0.338 e. The number of hydrogen-bond acceptors (Lipinski definition) is 3. The molecule has 1 fully saturated rings. The Balaban J connectivity index is 1.66. The second kappa shape index (κ2) is 9.59. The summed E-state index contributed by atoms with van der Waals surface area (Å²) >= 11 is 18.7. The van der Waals surface area contributed by atoms with Crippen molar-refractivity contribution < 1.29 is 4.79 Å². The zero-order valence-electron chi connectivity index (χ0n) is 16.7. The molecule has 0 bridgehead atoms. The molecule has 2 aliphatic heterocycles. The lowest BCUT2D eigenvalue weighted by atomic mass is 10.0. The second-order valence-electron chi connectivity index (χ2n) is 7.82. The van der Waals surface area contributed by atoms with Crippen LogP contribution in [0.4, 0.5) is 5.69 Å². The van der Waals surface area contributed by atoms with Crippen LogP contribution < -0.4 is 5.01 Å². The highest BCUT2D eigenvalue weighted by molar-refractivity contribution is 6.40. The maximum absolute atomic E-state index is 13.3. The molecule has 0 N–H and O–H groups in total. The van der Waals surface area contributed by atoms with Crippen LogP contribution in [0.25, 0.3) is 0 Å². The third kappa shape index (κ3) is 4.77. The summed E-state index contributed by atoms with van der Waals surface area (Å²) in [5, 5.41) is 8.34. The maximum Gasteiger partial charge on any atom is 0.270 e. The van der Waals surface area contributed by atoms with Crippen molar-refractivity contribution >= 4 is 52.1 Å². The second-order valence-corrected chi connectivity index (χ2v) is 9.10. The van der Waals surface area contributed by atoms with Crippen molar-refractivity contribution in [2.24, 2.45) is 5.10 Å². The van der Waals surface area contributed by atoms with Crippen LogP contribution in [0.15, 0.2) is 47.6 Å². The van der Waals surface area contributed by atoms with Gasteiger partial charge in [0, 0.05) is 29.6 Å². The molecule has 0 aromatic heterocycles. The van der Waals surface area contributed by atoms with E-state index >= 15 is 0 Å². The van der Waals surface area contributed by atoms with E-state index in [4.69, 9.17) is 39.9 Å². The fourth-order valence-corrected chi connectivity index (χ4v) is 4.73. The zero-order valence-corrected chi connectivity index (χ0v) is 18.9. The van der Waals surface area contributed by atoms with Crippen LogP contribution in [-0.2, 0) is 4.79 Å². The predicted molar refractivity (Wildman–Crippen MR) is 125 cm³/mol. The van der Waals surface area contributed by atoms with E-state index < -0.39 is 0 Å². The van der Waals surface area contributed by atoms with E-state index in [-0.39, 0.29) is 11.9 Å². The van der Waals surface area contributed by atoms with Crippen molar-refractivity contribution in [3.05, 3.63) is 63.1 Å². The lowest BCUT2D eigenvalue weighted by Gasteiger charge is -2.25. The number of benzene rings is 2. The first-order valence-corrected chi connectivity index (χ1v) is 11.5. The van der Waals surface area contributed by atoms with E-state index in [2.05, 4.69) is 0 Å². The number of nitrogens with zero attached hydrogens (tertiary/aromatic N) is 3. The predicted octanol–water partition coefficient (Wildman–Crippen LogP) is 6.75. The van der Waals surface area contributed by atoms with Crippen LogP contribution in [0.3, 0.4) is 0 Å². The van der Waals surface area contributed by atoms with Gasteiger partial charge in [0.1, 0.15) is 5.71 Å². The van der Waals surface area contributed by atoms with Crippen LogP contribution in [0.1, 0.15) is 50.1 Å². The number of likely N-dealkylation sites (tertiary alicyclic amines) is 1. The van der Waals surface area contributed by atoms with Gasteiger partial charge in [-0.2, -0.15) is 5.10 Å². The van der Waals surface area contributed by atoms with Crippen LogP contribution in [-0.4, -0.2) is 29.6 Å². The molecule has 1 atom stereocenters. The Morgan fingerprint density at radius 3 is 2.17 bits per heavy atom. The summed E-state index contributed by atoms with van der Waals surface area (Å²) in [6, 6.07) is 12.9. The topological polar surface area (TPSA) is 35.9 Å². The van der Waals surface area contributed by atoms with Gasteiger partial charge in [0.2, 0.25) is 0 Å². The quantitative estimate of drug-likeness (QED) is 0.504. The molecular formula is C23H24Cl3N3O. The zero-order chi connectivity index (χ0) is 21.1. The minimum atomic E-state index is -0.130. The first kappa shape index (κ1) is 21.5. The normalized spacial score (nSPS) is 20.0. The summed E-state index contributed by atoms with van der Waals surface area (Å²) in [6.07, 6.45) is 6.23. The molecule has 0 spiro atoms. The number of anilines is 1. The average Bonchev–Trinajstić information content (AvgIpc) is 3.13. The highest BCUT2D eigenvalue weighted by atomic mass is 35.5. The Hall–Kier alpha value is -1.75. The van der Waals surface area contributed by atoms with Gasteiger partial charge in [-0.05, 0) is 48.7 Å². The standard InChI is InChI=1S/C23H24Cl3N3O/c24-17-8-6-16(7-9-17)22-15-20(23(30)28-12-4-2-1-3-5-13-28)27-29(22)21-11-10-18(25)14-19(21)26/h6-11,14,22H,1-5,12-13,15H2. The molecule has 30 heavy (non-hydrogen) atoms. The molecule has 7 heteroatoms. The van der Waals surface area contributed by atoms with E-state index in [0.29, 0.717) is 27.2 Å². The SMILES string of the molecule is O=C(C1=NN(c2ccc(Cl)cc2Cl)C(c2ccc(Cl)cc2)C1)N1CCCCCCC1. The number of amides is 1. The van der Waals surface area contributed by atoms with E-state index in [0.717, 1.165) is 37.2 Å². The van der Waals surface area contributed by atoms with Crippen LogP contribution >= 0.6 is 34.8 Å². The van der Waals surface area contributed by atoms with Crippen LogP contribution in [0, 0.1) is 0 Å². The Bertz CT molecular complexity index is 937. The molecule has 2 heterocycles. The van der Waals surface area contributed by atoms with Gasteiger partial charge in [0.25, 0.3) is 5.91 Å². The summed E-state index contributed by atoms with van der Waals surface area (Å²) in [5.41, 5.74) is 2.34. The number of hydrogen-bond donors (Lipinski definition) is 0. The Morgan fingerprint density at radius 1 is 0.867 bits per heavy atom. The summed E-state index contributed by atoms with van der Waals surface area (Å²) in [4.78, 5) is 15.3. The number of carbonyl (C=O) groups is 1. The van der Waals surface area contributed by atoms with Gasteiger partial charge in [-0.1, -0.05) is 66.2 Å². The lowest BCUT2D eigenvalue weighted by molar-refractivity contribution is -0.124. The Kier molecular flexibility index (Phi) is 6.87. The minimum Gasteiger partial charge on any atom is -0.338 e. The minimum absolute atomic E-state index is 0.0310.